The van der Waals surface area contributed by atoms with Gasteiger partial charge in [-0.25, -0.2) is 14.5 Å². The maximum absolute atomic E-state index is 13.3. The van der Waals surface area contributed by atoms with E-state index in [4.69, 9.17) is 14.2 Å². The molecule has 206 valence electrons. The average molecular weight is 654 g/mol. The van der Waals surface area contributed by atoms with Crippen molar-refractivity contribution in [3.05, 3.63) is 91.6 Å². The van der Waals surface area contributed by atoms with Crippen LogP contribution in [0.5, 0.6) is 11.5 Å². The van der Waals surface area contributed by atoms with Crippen LogP contribution in [-0.4, -0.2) is 37.5 Å². The molecule has 0 aliphatic carbocycles. The van der Waals surface area contributed by atoms with Crippen LogP contribution in [0.15, 0.2) is 60.2 Å². The van der Waals surface area contributed by atoms with Gasteiger partial charge in [-0.05, 0) is 108 Å². The lowest BCUT2D eigenvalue weighted by molar-refractivity contribution is -0.122. The zero-order chi connectivity index (χ0) is 29.0. The maximum Gasteiger partial charge on any atom is 0.338 e. The second-order valence-corrected chi connectivity index (χ2v) is 10.1. The molecule has 0 bridgehead atoms. The zero-order valence-corrected chi connectivity index (χ0v) is 24.5. The summed E-state index contributed by atoms with van der Waals surface area (Å²) in [6.45, 7) is 6.33. The predicted molar refractivity (Wildman–Crippen MR) is 157 cm³/mol. The first-order chi connectivity index (χ1) is 19.1. The molecule has 1 N–H and O–H groups in total. The molecule has 0 atom stereocenters. The van der Waals surface area contributed by atoms with E-state index in [9.17, 15) is 19.2 Å². The number of anilines is 1. The lowest BCUT2D eigenvalue weighted by Gasteiger charge is -2.26. The quantitative estimate of drug-likeness (QED) is 0.151. The van der Waals surface area contributed by atoms with Crippen molar-refractivity contribution >= 4 is 58.2 Å². The summed E-state index contributed by atoms with van der Waals surface area (Å²) >= 11 is 2.10. The van der Waals surface area contributed by atoms with Crippen LogP contribution >= 0.6 is 22.6 Å². The van der Waals surface area contributed by atoms with Crippen LogP contribution < -0.4 is 19.7 Å². The van der Waals surface area contributed by atoms with Crippen LogP contribution in [0.25, 0.3) is 6.08 Å². The molecule has 0 unspecified atom stereocenters. The van der Waals surface area contributed by atoms with Gasteiger partial charge in [-0.3, -0.25) is 14.9 Å². The molecule has 1 fully saturated rings. The summed E-state index contributed by atoms with van der Waals surface area (Å²) in [6.07, 6.45) is 1.39. The number of amides is 4. The van der Waals surface area contributed by atoms with Gasteiger partial charge >= 0.3 is 12.0 Å². The molecule has 0 saturated carbocycles. The number of halogens is 1. The number of aryl methyl sites for hydroxylation is 2. The van der Waals surface area contributed by atoms with Crippen molar-refractivity contribution in [3.63, 3.8) is 0 Å². The average Bonchev–Trinajstić information content (AvgIpc) is 2.92. The Morgan fingerprint density at radius 1 is 1.00 bits per heavy atom. The predicted octanol–water partition coefficient (Wildman–Crippen LogP) is 5.34. The molecule has 9 nitrogen and oxygen atoms in total. The van der Waals surface area contributed by atoms with Gasteiger partial charge in [0.25, 0.3) is 11.8 Å². The first kappa shape index (κ1) is 28.8. The van der Waals surface area contributed by atoms with Crippen molar-refractivity contribution in [1.82, 2.24) is 5.32 Å². The van der Waals surface area contributed by atoms with Crippen molar-refractivity contribution in [1.29, 1.82) is 0 Å². The highest BCUT2D eigenvalue weighted by atomic mass is 127. The van der Waals surface area contributed by atoms with Crippen LogP contribution in [0.1, 0.15) is 39.5 Å². The van der Waals surface area contributed by atoms with Gasteiger partial charge in [0.1, 0.15) is 12.2 Å². The minimum absolute atomic E-state index is 0.191. The van der Waals surface area contributed by atoms with Crippen molar-refractivity contribution in [2.45, 2.75) is 27.4 Å². The molecule has 1 aliphatic heterocycles. The van der Waals surface area contributed by atoms with Crippen LogP contribution in [0.2, 0.25) is 0 Å². The van der Waals surface area contributed by atoms with Crippen molar-refractivity contribution in [2.75, 3.05) is 18.6 Å². The van der Waals surface area contributed by atoms with E-state index in [1.54, 1.807) is 19.1 Å². The fraction of sp³-hybridized carbons (Fsp3) is 0.200. The largest absolute Gasteiger partial charge is 0.493 e. The smallest absolute Gasteiger partial charge is 0.338 e. The van der Waals surface area contributed by atoms with Gasteiger partial charge in [0, 0.05) is 0 Å². The molecule has 1 heterocycles. The van der Waals surface area contributed by atoms with Gasteiger partial charge in [-0.15, -0.1) is 0 Å². The Hall–Kier alpha value is -4.19. The van der Waals surface area contributed by atoms with E-state index in [2.05, 4.69) is 34.0 Å². The number of benzene rings is 3. The van der Waals surface area contributed by atoms with E-state index in [1.165, 1.54) is 48.6 Å². The summed E-state index contributed by atoms with van der Waals surface area (Å²) < 4.78 is 17.3. The minimum atomic E-state index is -0.890. The molecule has 0 spiro atoms. The number of nitrogens with one attached hydrogen (secondary N) is 1. The molecule has 4 rings (SSSR count). The zero-order valence-electron chi connectivity index (χ0n) is 22.4. The Balaban J connectivity index is 1.60. The number of carbonyl (C=O) groups excluding carboxylic acids is 4. The number of urea groups is 1. The molecule has 0 aromatic heterocycles. The summed E-state index contributed by atoms with van der Waals surface area (Å²) in [5.74, 6) is -1.19. The molecular weight excluding hydrogens is 627 g/mol. The summed E-state index contributed by atoms with van der Waals surface area (Å²) in [6, 6.07) is 14.4. The molecule has 1 aliphatic rings. The van der Waals surface area contributed by atoms with Gasteiger partial charge < -0.3 is 14.2 Å². The van der Waals surface area contributed by atoms with Gasteiger partial charge in [-0.1, -0.05) is 18.2 Å². The lowest BCUT2D eigenvalue weighted by atomic mass is 10.1. The van der Waals surface area contributed by atoms with Crippen LogP contribution in [0.3, 0.4) is 0 Å². The minimum Gasteiger partial charge on any atom is -0.493 e. The summed E-state index contributed by atoms with van der Waals surface area (Å²) in [4.78, 5) is 51.3. The molecule has 1 saturated heterocycles. The number of imide groups is 2. The van der Waals surface area contributed by atoms with Crippen LogP contribution in [0.4, 0.5) is 10.5 Å². The highest BCUT2D eigenvalue weighted by Crippen LogP contribution is 2.35. The monoisotopic (exact) mass is 654 g/mol. The summed E-state index contributed by atoms with van der Waals surface area (Å²) in [7, 11) is 1.50. The third-order valence-electron chi connectivity index (χ3n) is 6.26. The summed E-state index contributed by atoms with van der Waals surface area (Å²) in [5, 5.41) is 2.20. The number of ether oxygens (including phenoxy) is 3. The Bertz CT molecular complexity index is 1530. The number of hydrogen-bond donors (Lipinski definition) is 1. The Morgan fingerprint density at radius 3 is 2.38 bits per heavy atom. The number of methoxy groups -OCH3 is 1. The Morgan fingerprint density at radius 2 is 1.73 bits per heavy atom. The van der Waals surface area contributed by atoms with E-state index >= 15 is 0 Å². The van der Waals surface area contributed by atoms with Gasteiger partial charge in [0.2, 0.25) is 0 Å². The van der Waals surface area contributed by atoms with Crippen molar-refractivity contribution in [3.8, 4) is 11.5 Å². The second-order valence-electron chi connectivity index (χ2n) is 8.97. The van der Waals surface area contributed by atoms with Gasteiger partial charge in [0.05, 0.1) is 28.5 Å². The summed E-state index contributed by atoms with van der Waals surface area (Å²) in [5.41, 5.74) is 4.10. The van der Waals surface area contributed by atoms with Gasteiger partial charge in [-0.2, -0.15) is 0 Å². The van der Waals surface area contributed by atoms with Crippen LogP contribution in [-0.2, 0) is 20.9 Å². The molecule has 3 aromatic carbocycles. The first-order valence-electron chi connectivity index (χ1n) is 12.4. The van der Waals surface area contributed by atoms with Crippen molar-refractivity contribution < 1.29 is 33.4 Å². The number of hydrogen-bond acceptors (Lipinski definition) is 7. The fourth-order valence-corrected chi connectivity index (χ4v) is 4.81. The van der Waals surface area contributed by atoms with Gasteiger partial charge in [0.15, 0.2) is 11.5 Å². The highest BCUT2D eigenvalue weighted by Gasteiger charge is 2.37. The van der Waals surface area contributed by atoms with Crippen molar-refractivity contribution in [2.24, 2.45) is 0 Å². The molecule has 10 heteroatoms. The SMILES string of the molecule is CCOC(=O)c1ccc(N2C(=O)NC(=O)/C(=C\c3cc(I)c(OCc4ccc(C)c(C)c4)c(OC)c3)C2=O)cc1. The number of nitrogens with zero attached hydrogens (tertiary/aromatic N) is 1. The fourth-order valence-electron chi connectivity index (χ4n) is 4.03. The molecule has 4 amide bonds. The number of rotatable bonds is 8. The topological polar surface area (TPSA) is 111 Å². The highest BCUT2D eigenvalue weighted by molar-refractivity contribution is 14.1. The maximum atomic E-state index is 13.3. The molecule has 0 radical (unpaired) electrons. The molecule has 3 aromatic rings. The second kappa shape index (κ2) is 12.3. The first-order valence-corrected chi connectivity index (χ1v) is 13.5. The number of barbiturate groups is 1. The Kier molecular flexibility index (Phi) is 8.88. The van der Waals surface area contributed by atoms with E-state index in [1.807, 2.05) is 26.0 Å². The van der Waals surface area contributed by atoms with Crippen LogP contribution in [0, 0.1) is 17.4 Å². The third-order valence-corrected chi connectivity index (χ3v) is 7.06. The van der Waals surface area contributed by atoms with E-state index in [-0.39, 0.29) is 23.4 Å². The third kappa shape index (κ3) is 6.17. The Labute approximate surface area is 245 Å². The normalized spacial score (nSPS) is 14.3. The van der Waals surface area contributed by atoms with E-state index in [0.29, 0.717) is 27.2 Å². The standard InChI is InChI=1S/C30H27IN2O7/c1-5-39-29(36)21-8-10-22(11-9-21)33-28(35)23(27(34)32-30(33)37)13-20-14-24(31)26(25(15-20)38-4)40-16-19-7-6-17(2)18(3)12-19/h6-15H,5,16H2,1-4H3,(H,32,34,37)/b23-13+. The van der Waals surface area contributed by atoms with E-state index in [0.717, 1.165) is 10.5 Å². The molecule has 40 heavy (non-hydrogen) atoms. The molecular formula is C30H27IN2O7. The lowest BCUT2D eigenvalue weighted by Crippen LogP contribution is -2.54. The van der Waals surface area contributed by atoms with E-state index < -0.39 is 23.8 Å². The number of carbonyl (C=O) groups is 4. The number of esters is 1.